The first-order valence-electron chi connectivity index (χ1n) is 8.23. The van der Waals surface area contributed by atoms with E-state index in [4.69, 9.17) is 9.15 Å². The van der Waals surface area contributed by atoms with Crippen LogP contribution in [0.5, 0.6) is 5.75 Å². The zero-order valence-corrected chi connectivity index (χ0v) is 13.5. The summed E-state index contributed by atoms with van der Waals surface area (Å²) in [7, 11) is 0. The van der Waals surface area contributed by atoms with Gasteiger partial charge in [-0.1, -0.05) is 6.07 Å². The first-order chi connectivity index (χ1) is 12.2. The van der Waals surface area contributed by atoms with E-state index in [1.807, 2.05) is 30.3 Å². The van der Waals surface area contributed by atoms with Crippen LogP contribution in [0, 0.1) is 0 Å². The van der Waals surface area contributed by atoms with Crippen LogP contribution in [0.4, 0.5) is 0 Å². The standard InChI is InChI=1S/C19H18N2O4/c22-15-12-21(19(23)18-7-3-11-24-18)10-8-17(15)25-16-6-1-5-14-13(16)4-2-9-20-14/h1-7,9,11,15,17,22H,8,10,12H2/t15-,17-/m1/s1. The third-order valence-corrected chi connectivity index (χ3v) is 4.42. The number of hydrogen-bond donors (Lipinski definition) is 1. The lowest BCUT2D eigenvalue weighted by molar-refractivity contribution is -0.0201. The Kier molecular flexibility index (Phi) is 4.11. The number of β-amino-alcohol motifs (C(OH)–C–C–N with tert-alkyl or cyclic N) is 1. The smallest absolute Gasteiger partial charge is 0.289 e. The zero-order chi connectivity index (χ0) is 17.2. The van der Waals surface area contributed by atoms with Crippen LogP contribution >= 0.6 is 0 Å². The molecular weight excluding hydrogens is 320 g/mol. The second-order valence-electron chi connectivity index (χ2n) is 6.07. The molecule has 2 atom stereocenters. The fourth-order valence-electron chi connectivity index (χ4n) is 3.13. The van der Waals surface area contributed by atoms with Gasteiger partial charge in [0.1, 0.15) is 18.0 Å². The van der Waals surface area contributed by atoms with Crippen LogP contribution < -0.4 is 4.74 Å². The van der Waals surface area contributed by atoms with E-state index >= 15 is 0 Å². The number of benzene rings is 1. The minimum absolute atomic E-state index is 0.211. The molecule has 6 nitrogen and oxygen atoms in total. The number of carbonyl (C=O) groups is 1. The van der Waals surface area contributed by atoms with E-state index in [1.165, 1.54) is 6.26 Å². The van der Waals surface area contributed by atoms with Crippen LogP contribution in [-0.4, -0.2) is 46.2 Å². The molecule has 3 aromatic rings. The molecule has 25 heavy (non-hydrogen) atoms. The Morgan fingerprint density at radius 1 is 1.24 bits per heavy atom. The predicted octanol–water partition coefficient (Wildman–Crippen LogP) is 2.48. The molecule has 0 bridgehead atoms. The van der Waals surface area contributed by atoms with Crippen LogP contribution in [0.1, 0.15) is 17.0 Å². The molecule has 1 fully saturated rings. The molecule has 1 saturated heterocycles. The number of carbonyl (C=O) groups excluding carboxylic acids is 1. The summed E-state index contributed by atoms with van der Waals surface area (Å²) in [6.45, 7) is 0.720. The van der Waals surface area contributed by atoms with E-state index in [9.17, 15) is 9.90 Å². The molecule has 0 unspecified atom stereocenters. The van der Waals surface area contributed by atoms with Gasteiger partial charge in [0.15, 0.2) is 5.76 Å². The third-order valence-electron chi connectivity index (χ3n) is 4.42. The molecular formula is C19H18N2O4. The molecule has 1 aliphatic heterocycles. The number of hydrogen-bond acceptors (Lipinski definition) is 5. The van der Waals surface area contributed by atoms with E-state index in [2.05, 4.69) is 4.98 Å². The Bertz CT molecular complexity index is 873. The van der Waals surface area contributed by atoms with Crippen molar-refractivity contribution in [2.45, 2.75) is 18.6 Å². The fourth-order valence-corrected chi connectivity index (χ4v) is 3.13. The number of pyridine rings is 1. The Balaban J connectivity index is 1.47. The average molecular weight is 338 g/mol. The molecule has 2 aromatic heterocycles. The highest BCUT2D eigenvalue weighted by Crippen LogP contribution is 2.27. The Morgan fingerprint density at radius 2 is 2.16 bits per heavy atom. The van der Waals surface area contributed by atoms with Crippen molar-refractivity contribution in [2.75, 3.05) is 13.1 Å². The molecule has 1 amide bonds. The lowest BCUT2D eigenvalue weighted by atomic mass is 10.0. The van der Waals surface area contributed by atoms with Crippen molar-refractivity contribution >= 4 is 16.8 Å². The maximum absolute atomic E-state index is 12.3. The molecule has 0 radical (unpaired) electrons. The number of ether oxygens (including phenoxy) is 1. The van der Waals surface area contributed by atoms with Crippen molar-refractivity contribution in [1.29, 1.82) is 0 Å². The van der Waals surface area contributed by atoms with E-state index < -0.39 is 6.10 Å². The van der Waals surface area contributed by atoms with Crippen LogP contribution in [0.15, 0.2) is 59.3 Å². The topological polar surface area (TPSA) is 75.8 Å². The quantitative estimate of drug-likeness (QED) is 0.794. The Labute approximate surface area is 144 Å². The second-order valence-corrected chi connectivity index (χ2v) is 6.07. The minimum atomic E-state index is -0.764. The summed E-state index contributed by atoms with van der Waals surface area (Å²) in [4.78, 5) is 18.2. The van der Waals surface area contributed by atoms with Crippen LogP contribution in [0.2, 0.25) is 0 Å². The van der Waals surface area contributed by atoms with Crippen molar-refractivity contribution in [3.63, 3.8) is 0 Å². The van der Waals surface area contributed by atoms with Crippen LogP contribution in [0.3, 0.4) is 0 Å². The summed E-state index contributed by atoms with van der Waals surface area (Å²) in [5.41, 5.74) is 0.847. The number of rotatable bonds is 3. The highest BCUT2D eigenvalue weighted by molar-refractivity contribution is 5.91. The van der Waals surface area contributed by atoms with E-state index in [0.717, 1.165) is 10.9 Å². The molecule has 3 heterocycles. The molecule has 6 heteroatoms. The summed E-state index contributed by atoms with van der Waals surface area (Å²) < 4.78 is 11.2. The van der Waals surface area contributed by atoms with Crippen molar-refractivity contribution in [1.82, 2.24) is 9.88 Å². The van der Waals surface area contributed by atoms with Gasteiger partial charge in [-0.05, 0) is 36.4 Å². The first-order valence-corrected chi connectivity index (χ1v) is 8.23. The zero-order valence-electron chi connectivity index (χ0n) is 13.5. The lowest BCUT2D eigenvalue weighted by Crippen LogP contribution is -2.50. The van der Waals surface area contributed by atoms with E-state index in [0.29, 0.717) is 18.7 Å². The molecule has 4 rings (SSSR count). The van der Waals surface area contributed by atoms with Gasteiger partial charge in [-0.25, -0.2) is 0 Å². The summed E-state index contributed by atoms with van der Waals surface area (Å²) >= 11 is 0. The van der Waals surface area contributed by atoms with Gasteiger partial charge in [0.25, 0.3) is 5.91 Å². The fraction of sp³-hybridized carbons (Fsp3) is 0.263. The Morgan fingerprint density at radius 3 is 2.96 bits per heavy atom. The number of aromatic nitrogens is 1. The highest BCUT2D eigenvalue weighted by atomic mass is 16.5. The van der Waals surface area contributed by atoms with Crippen molar-refractivity contribution in [2.24, 2.45) is 0 Å². The van der Waals surface area contributed by atoms with Crippen molar-refractivity contribution in [3.05, 3.63) is 60.7 Å². The third kappa shape index (κ3) is 3.08. The van der Waals surface area contributed by atoms with Gasteiger partial charge < -0.3 is 19.2 Å². The highest BCUT2D eigenvalue weighted by Gasteiger charge is 2.33. The van der Waals surface area contributed by atoms with E-state index in [1.54, 1.807) is 23.2 Å². The van der Waals surface area contributed by atoms with Gasteiger partial charge in [0.05, 0.1) is 18.3 Å². The number of amides is 1. The van der Waals surface area contributed by atoms with Gasteiger partial charge in [-0.15, -0.1) is 0 Å². The van der Waals surface area contributed by atoms with Gasteiger partial charge in [0.2, 0.25) is 0 Å². The number of piperidine rings is 1. The lowest BCUT2D eigenvalue weighted by Gasteiger charge is -2.35. The summed E-state index contributed by atoms with van der Waals surface area (Å²) in [5, 5.41) is 11.4. The van der Waals surface area contributed by atoms with E-state index in [-0.39, 0.29) is 24.3 Å². The normalized spacial score (nSPS) is 20.6. The molecule has 0 spiro atoms. The molecule has 1 aromatic carbocycles. The van der Waals surface area contributed by atoms with Crippen molar-refractivity contribution in [3.8, 4) is 5.75 Å². The predicted molar refractivity (Wildman–Crippen MR) is 91.4 cm³/mol. The second kappa shape index (κ2) is 6.57. The maximum atomic E-state index is 12.3. The monoisotopic (exact) mass is 338 g/mol. The number of nitrogens with zero attached hydrogens (tertiary/aromatic N) is 2. The molecule has 128 valence electrons. The number of aliphatic hydroxyl groups excluding tert-OH is 1. The maximum Gasteiger partial charge on any atom is 0.289 e. The average Bonchev–Trinajstić information content (AvgIpc) is 3.18. The van der Waals surface area contributed by atoms with Crippen LogP contribution in [0.25, 0.3) is 10.9 Å². The summed E-state index contributed by atoms with van der Waals surface area (Å²) in [5.74, 6) is 0.768. The summed E-state index contributed by atoms with van der Waals surface area (Å²) in [6, 6.07) is 12.8. The molecule has 1 aliphatic rings. The molecule has 0 saturated carbocycles. The van der Waals surface area contributed by atoms with Gasteiger partial charge in [-0.2, -0.15) is 0 Å². The molecule has 1 N–H and O–H groups in total. The van der Waals surface area contributed by atoms with Gasteiger partial charge >= 0.3 is 0 Å². The minimum Gasteiger partial charge on any atom is -0.487 e. The van der Waals surface area contributed by atoms with Gasteiger partial charge in [0, 0.05) is 24.5 Å². The Hall–Kier alpha value is -2.86. The number of likely N-dealkylation sites (tertiary alicyclic amines) is 1. The SMILES string of the molecule is O=C(c1ccco1)N1CC[C@@H](Oc2cccc3ncccc23)[C@H](O)C1. The van der Waals surface area contributed by atoms with Crippen molar-refractivity contribution < 1.29 is 19.1 Å². The van der Waals surface area contributed by atoms with Gasteiger partial charge in [-0.3, -0.25) is 9.78 Å². The summed E-state index contributed by atoms with van der Waals surface area (Å²) in [6.07, 6.45) is 2.61. The number of furan rings is 1. The first kappa shape index (κ1) is 15.7. The number of fused-ring (bicyclic) bond motifs is 1. The molecule has 0 aliphatic carbocycles. The number of aliphatic hydroxyl groups is 1. The largest absolute Gasteiger partial charge is 0.487 e. The van der Waals surface area contributed by atoms with Crippen LogP contribution in [-0.2, 0) is 0 Å².